The third-order valence-electron chi connectivity index (χ3n) is 3.40. The van der Waals surface area contributed by atoms with Crippen molar-refractivity contribution in [3.8, 4) is 0 Å². The number of carbonyl (C=O) groups excluding carboxylic acids is 1. The minimum Gasteiger partial charge on any atom is -0.461 e. The maximum atomic E-state index is 11.9. The van der Waals surface area contributed by atoms with E-state index in [2.05, 4.69) is 4.99 Å². The standard InChI is InChI=1S/C14H13N3O4S/c1-2-21-13(18)12-8-22-14-15-10(7-16(12)14)9-5-3-4-6-11(9)17(19)20/h3-6,8,10H,2,7H2,1H3. The van der Waals surface area contributed by atoms with Gasteiger partial charge < -0.3 is 9.64 Å². The van der Waals surface area contributed by atoms with Gasteiger partial charge in [-0.2, -0.15) is 0 Å². The van der Waals surface area contributed by atoms with Crippen molar-refractivity contribution in [3.63, 3.8) is 0 Å². The molecule has 2 aliphatic heterocycles. The van der Waals surface area contributed by atoms with Crippen LogP contribution in [-0.2, 0) is 9.53 Å². The number of hydrogen-bond donors (Lipinski definition) is 0. The molecule has 1 atom stereocenters. The lowest BCUT2D eigenvalue weighted by Gasteiger charge is -2.16. The zero-order valence-corrected chi connectivity index (χ0v) is 12.6. The molecule has 1 aromatic carbocycles. The van der Waals surface area contributed by atoms with Gasteiger partial charge in [0.1, 0.15) is 11.7 Å². The molecule has 1 unspecified atom stereocenters. The fourth-order valence-corrected chi connectivity index (χ4v) is 3.36. The molecule has 22 heavy (non-hydrogen) atoms. The summed E-state index contributed by atoms with van der Waals surface area (Å²) in [7, 11) is 0. The van der Waals surface area contributed by atoms with Crippen LogP contribution in [0.15, 0.2) is 40.4 Å². The highest BCUT2D eigenvalue weighted by atomic mass is 32.2. The van der Waals surface area contributed by atoms with Gasteiger partial charge in [0.2, 0.25) is 0 Å². The summed E-state index contributed by atoms with van der Waals surface area (Å²) in [6, 6.07) is 6.19. The van der Waals surface area contributed by atoms with Crippen molar-refractivity contribution in [1.29, 1.82) is 0 Å². The normalized spacial score (nSPS) is 19.5. The second-order valence-corrected chi connectivity index (χ2v) is 5.53. The van der Waals surface area contributed by atoms with Crippen LogP contribution >= 0.6 is 11.8 Å². The number of para-hydroxylation sites is 1. The van der Waals surface area contributed by atoms with Gasteiger partial charge in [0, 0.05) is 11.5 Å². The summed E-state index contributed by atoms with van der Waals surface area (Å²) in [5, 5.41) is 13.5. The number of amidine groups is 1. The second-order valence-electron chi connectivity index (χ2n) is 4.70. The van der Waals surface area contributed by atoms with E-state index in [9.17, 15) is 14.9 Å². The molecule has 0 N–H and O–H groups in total. The lowest BCUT2D eigenvalue weighted by molar-refractivity contribution is -0.385. The van der Waals surface area contributed by atoms with Crippen LogP contribution in [0.5, 0.6) is 0 Å². The van der Waals surface area contributed by atoms with E-state index in [1.807, 2.05) is 0 Å². The van der Waals surface area contributed by atoms with E-state index in [0.717, 1.165) is 0 Å². The molecule has 0 bridgehead atoms. The van der Waals surface area contributed by atoms with Crippen molar-refractivity contribution < 1.29 is 14.5 Å². The minimum absolute atomic E-state index is 0.0460. The second kappa shape index (κ2) is 5.80. The average molecular weight is 319 g/mol. The summed E-state index contributed by atoms with van der Waals surface area (Å²) in [6.45, 7) is 2.45. The van der Waals surface area contributed by atoms with Gasteiger partial charge in [-0.25, -0.2) is 4.79 Å². The fraction of sp³-hybridized carbons (Fsp3) is 0.286. The predicted molar refractivity (Wildman–Crippen MR) is 82.3 cm³/mol. The number of nitro benzene ring substituents is 1. The van der Waals surface area contributed by atoms with Gasteiger partial charge in [0.25, 0.3) is 5.69 Å². The molecule has 2 heterocycles. The van der Waals surface area contributed by atoms with Crippen LogP contribution < -0.4 is 0 Å². The molecular weight excluding hydrogens is 306 g/mol. The maximum Gasteiger partial charge on any atom is 0.355 e. The Hall–Kier alpha value is -2.35. The number of fused-ring (bicyclic) bond motifs is 1. The lowest BCUT2D eigenvalue weighted by Crippen LogP contribution is -2.27. The molecule has 0 spiro atoms. The van der Waals surface area contributed by atoms with Crippen molar-refractivity contribution in [1.82, 2.24) is 4.90 Å². The van der Waals surface area contributed by atoms with Crippen LogP contribution in [0.4, 0.5) is 5.69 Å². The Morgan fingerprint density at radius 1 is 1.55 bits per heavy atom. The van der Waals surface area contributed by atoms with Crippen LogP contribution in [0.2, 0.25) is 0 Å². The number of hydrogen-bond acceptors (Lipinski definition) is 7. The molecule has 1 aromatic rings. The van der Waals surface area contributed by atoms with E-state index >= 15 is 0 Å². The highest BCUT2D eigenvalue weighted by molar-refractivity contribution is 8.16. The van der Waals surface area contributed by atoms with Crippen molar-refractivity contribution in [2.45, 2.75) is 13.0 Å². The number of rotatable bonds is 4. The van der Waals surface area contributed by atoms with Gasteiger partial charge in [-0.15, -0.1) is 0 Å². The lowest BCUT2D eigenvalue weighted by atomic mass is 10.1. The zero-order chi connectivity index (χ0) is 15.7. The number of thioether (sulfide) groups is 1. The van der Waals surface area contributed by atoms with Crippen molar-refractivity contribution in [2.24, 2.45) is 4.99 Å². The van der Waals surface area contributed by atoms with Crippen LogP contribution in [0.1, 0.15) is 18.5 Å². The number of nitrogens with zero attached hydrogens (tertiary/aromatic N) is 3. The molecule has 0 aromatic heterocycles. The monoisotopic (exact) mass is 319 g/mol. The van der Waals surface area contributed by atoms with Gasteiger partial charge in [0.05, 0.1) is 23.6 Å². The first-order valence-electron chi connectivity index (χ1n) is 6.74. The van der Waals surface area contributed by atoms with E-state index in [1.54, 1.807) is 35.4 Å². The summed E-state index contributed by atoms with van der Waals surface area (Å²) in [4.78, 5) is 28.9. The molecule has 0 saturated heterocycles. The van der Waals surface area contributed by atoms with Gasteiger partial charge in [0.15, 0.2) is 5.17 Å². The quantitative estimate of drug-likeness (QED) is 0.481. The molecule has 0 aliphatic carbocycles. The number of esters is 1. The Morgan fingerprint density at radius 3 is 3.05 bits per heavy atom. The number of benzene rings is 1. The Kier molecular flexibility index (Phi) is 3.84. The molecule has 8 heteroatoms. The van der Waals surface area contributed by atoms with Gasteiger partial charge in [-0.05, 0) is 13.0 Å². The largest absolute Gasteiger partial charge is 0.461 e. The SMILES string of the molecule is CCOC(=O)C1=CSC2=NC(c3ccccc3[N+](=O)[O-])CN12. The summed E-state index contributed by atoms with van der Waals surface area (Å²) in [6.07, 6.45) is 0. The first-order chi connectivity index (χ1) is 10.6. The van der Waals surface area contributed by atoms with Crippen LogP contribution in [0.25, 0.3) is 0 Å². The molecular formula is C14H13N3O4S. The third kappa shape index (κ3) is 2.45. The predicted octanol–water partition coefficient (Wildman–Crippen LogP) is 2.46. The van der Waals surface area contributed by atoms with E-state index in [4.69, 9.17) is 4.74 Å². The van der Waals surface area contributed by atoms with Gasteiger partial charge in [-0.1, -0.05) is 23.9 Å². The summed E-state index contributed by atoms with van der Waals surface area (Å²) in [5.41, 5.74) is 1.04. The number of nitro groups is 1. The highest BCUT2D eigenvalue weighted by Gasteiger charge is 2.37. The van der Waals surface area contributed by atoms with E-state index in [-0.39, 0.29) is 11.7 Å². The number of aliphatic imine (C=N–C) groups is 1. The molecule has 7 nitrogen and oxygen atoms in total. The first kappa shape index (κ1) is 14.6. The topological polar surface area (TPSA) is 85.0 Å². The molecule has 0 amide bonds. The van der Waals surface area contributed by atoms with E-state index < -0.39 is 10.9 Å². The van der Waals surface area contributed by atoms with Gasteiger partial charge in [-0.3, -0.25) is 15.1 Å². The Morgan fingerprint density at radius 2 is 2.32 bits per heavy atom. The van der Waals surface area contributed by atoms with E-state index in [0.29, 0.717) is 29.6 Å². The number of carbonyl (C=O) groups is 1. The third-order valence-corrected chi connectivity index (χ3v) is 4.27. The highest BCUT2D eigenvalue weighted by Crippen LogP contribution is 2.39. The molecule has 2 aliphatic rings. The Labute approximate surface area is 130 Å². The van der Waals surface area contributed by atoms with Crippen molar-refractivity contribution in [2.75, 3.05) is 13.2 Å². The van der Waals surface area contributed by atoms with Crippen LogP contribution in [0.3, 0.4) is 0 Å². The minimum atomic E-state index is -0.409. The van der Waals surface area contributed by atoms with Crippen molar-refractivity contribution >= 4 is 28.6 Å². The first-order valence-corrected chi connectivity index (χ1v) is 7.62. The molecule has 0 fully saturated rings. The van der Waals surface area contributed by atoms with Crippen molar-refractivity contribution in [3.05, 3.63) is 51.0 Å². The summed E-state index contributed by atoms with van der Waals surface area (Å²) in [5.74, 6) is -0.400. The van der Waals surface area contributed by atoms with Crippen LogP contribution in [-0.4, -0.2) is 34.1 Å². The Balaban J connectivity index is 1.84. The van der Waals surface area contributed by atoms with Crippen LogP contribution in [0, 0.1) is 10.1 Å². The fourth-order valence-electron chi connectivity index (χ4n) is 2.43. The molecule has 3 rings (SSSR count). The van der Waals surface area contributed by atoms with E-state index in [1.165, 1.54) is 17.8 Å². The maximum absolute atomic E-state index is 11.9. The Bertz CT molecular complexity index is 701. The van der Waals surface area contributed by atoms with Gasteiger partial charge >= 0.3 is 5.97 Å². The smallest absolute Gasteiger partial charge is 0.355 e. The molecule has 114 valence electrons. The summed E-state index contributed by atoms with van der Waals surface area (Å²) >= 11 is 1.33. The number of ether oxygens (including phenoxy) is 1. The average Bonchev–Trinajstić information content (AvgIpc) is 3.07. The molecule has 0 radical (unpaired) electrons. The zero-order valence-electron chi connectivity index (χ0n) is 11.8. The molecule has 0 saturated carbocycles. The summed E-state index contributed by atoms with van der Waals surface area (Å²) < 4.78 is 5.01.